The highest BCUT2D eigenvalue weighted by Crippen LogP contribution is 2.22. The van der Waals surface area contributed by atoms with Crippen molar-refractivity contribution in [3.63, 3.8) is 0 Å². The Balaban J connectivity index is 2.91. The van der Waals surface area contributed by atoms with Crippen LogP contribution in [0.1, 0.15) is 44.9 Å². The van der Waals surface area contributed by atoms with Crippen molar-refractivity contribution in [3.05, 3.63) is 35.4 Å². The highest BCUT2D eigenvalue weighted by Gasteiger charge is 2.22. The van der Waals surface area contributed by atoms with E-state index in [4.69, 9.17) is 9.47 Å². The molecule has 1 unspecified atom stereocenters. The number of likely N-dealkylation sites (N-methyl/N-ethyl adjacent to an activating group) is 1. The van der Waals surface area contributed by atoms with Crippen LogP contribution in [0.15, 0.2) is 24.3 Å². The highest BCUT2D eigenvalue weighted by molar-refractivity contribution is 5.27. The molecule has 1 rings (SSSR count). The molecule has 0 heterocycles. The second kappa shape index (κ2) is 9.11. The minimum atomic E-state index is -0.246. The van der Waals surface area contributed by atoms with E-state index in [2.05, 4.69) is 43.4 Å². The van der Waals surface area contributed by atoms with Gasteiger partial charge in [0.2, 0.25) is 0 Å². The molecule has 0 amide bonds. The number of nitrogens with one attached hydrogen (secondary N) is 1. The summed E-state index contributed by atoms with van der Waals surface area (Å²) in [7, 11) is 1.95. The average Bonchev–Trinajstić information content (AvgIpc) is 2.40. The van der Waals surface area contributed by atoms with Crippen molar-refractivity contribution >= 4 is 0 Å². The third-order valence-corrected chi connectivity index (χ3v) is 3.20. The molecule has 3 nitrogen and oxygen atoms in total. The van der Waals surface area contributed by atoms with Gasteiger partial charge in [-0.2, -0.15) is 0 Å². The molecule has 1 N–H and O–H groups in total. The number of hydrogen-bond acceptors (Lipinski definition) is 3. The second-order valence-corrected chi connectivity index (χ2v) is 5.39. The second-order valence-electron chi connectivity index (χ2n) is 5.39. The first-order valence-electron chi connectivity index (χ1n) is 7.61. The van der Waals surface area contributed by atoms with Gasteiger partial charge in [0.25, 0.3) is 0 Å². The lowest BCUT2D eigenvalue weighted by atomic mass is 9.98. The summed E-state index contributed by atoms with van der Waals surface area (Å²) >= 11 is 0. The maximum Gasteiger partial charge on any atom is 0.176 e. The largest absolute Gasteiger partial charge is 0.351 e. The lowest BCUT2D eigenvalue weighted by molar-refractivity contribution is -0.154. The van der Waals surface area contributed by atoms with E-state index in [9.17, 15) is 0 Å². The topological polar surface area (TPSA) is 30.5 Å². The van der Waals surface area contributed by atoms with Crippen LogP contribution < -0.4 is 5.32 Å². The molecule has 0 aliphatic rings. The highest BCUT2D eigenvalue weighted by atomic mass is 16.7. The molecule has 0 aromatic heterocycles. The smallest absolute Gasteiger partial charge is 0.176 e. The molecule has 1 atom stereocenters. The van der Waals surface area contributed by atoms with Gasteiger partial charge in [-0.05, 0) is 44.4 Å². The van der Waals surface area contributed by atoms with E-state index < -0.39 is 0 Å². The first kappa shape index (κ1) is 17.2. The first-order chi connectivity index (χ1) is 9.62. The van der Waals surface area contributed by atoms with Crippen LogP contribution in [0.5, 0.6) is 0 Å². The fraction of sp³-hybridized carbons (Fsp3) is 0.647. The quantitative estimate of drug-likeness (QED) is 0.701. The summed E-state index contributed by atoms with van der Waals surface area (Å²) < 4.78 is 11.5. The maximum absolute atomic E-state index is 5.73. The van der Waals surface area contributed by atoms with E-state index >= 15 is 0 Å². The van der Waals surface area contributed by atoms with Crippen molar-refractivity contribution in [1.29, 1.82) is 0 Å². The Bertz CT molecular complexity index is 373. The fourth-order valence-electron chi connectivity index (χ4n) is 2.41. The minimum absolute atomic E-state index is 0.0574. The van der Waals surface area contributed by atoms with Gasteiger partial charge < -0.3 is 14.8 Å². The Hall–Kier alpha value is -0.900. The van der Waals surface area contributed by atoms with E-state index in [1.54, 1.807) is 0 Å². The molecule has 0 fully saturated rings. The lowest BCUT2D eigenvalue weighted by Gasteiger charge is -2.27. The molecule has 0 aliphatic heterocycles. The van der Waals surface area contributed by atoms with E-state index in [0.29, 0.717) is 19.1 Å². The summed E-state index contributed by atoms with van der Waals surface area (Å²) in [6.07, 6.45) is 0.849. The van der Waals surface area contributed by atoms with Crippen LogP contribution in [-0.4, -0.2) is 26.6 Å². The summed E-state index contributed by atoms with van der Waals surface area (Å²) in [5, 5.41) is 3.32. The molecule has 114 valence electrons. The normalized spacial score (nSPS) is 13.2. The zero-order valence-corrected chi connectivity index (χ0v) is 13.5. The Morgan fingerprint density at radius 3 is 2.25 bits per heavy atom. The van der Waals surface area contributed by atoms with Gasteiger partial charge in [-0.15, -0.1) is 0 Å². The van der Waals surface area contributed by atoms with Gasteiger partial charge in [-0.1, -0.05) is 38.1 Å². The molecule has 0 saturated heterocycles. The molecule has 0 bridgehead atoms. The number of hydrogen-bond donors (Lipinski definition) is 1. The van der Waals surface area contributed by atoms with Gasteiger partial charge in [0.05, 0.1) is 6.04 Å². The first-order valence-corrected chi connectivity index (χ1v) is 7.61. The van der Waals surface area contributed by atoms with E-state index in [-0.39, 0.29) is 12.3 Å². The fourth-order valence-corrected chi connectivity index (χ4v) is 2.41. The van der Waals surface area contributed by atoms with Crippen molar-refractivity contribution in [2.45, 2.75) is 46.4 Å². The third kappa shape index (κ3) is 5.23. The standard InChI is InChI=1S/C17H29NO2/c1-6-19-17(20-7-2)16(18-5)15-10-8-9-14(12-15)11-13(3)4/h8-10,12-13,16-18H,6-7,11H2,1-5H3. The molecule has 1 aromatic carbocycles. The van der Waals surface area contributed by atoms with Gasteiger partial charge in [0.1, 0.15) is 0 Å². The Labute approximate surface area is 123 Å². The Morgan fingerprint density at radius 2 is 1.75 bits per heavy atom. The lowest BCUT2D eigenvalue weighted by Crippen LogP contribution is -2.34. The molecular formula is C17H29NO2. The zero-order valence-electron chi connectivity index (χ0n) is 13.5. The summed E-state index contributed by atoms with van der Waals surface area (Å²) in [6, 6.07) is 8.75. The van der Waals surface area contributed by atoms with Crippen molar-refractivity contribution in [3.8, 4) is 0 Å². The van der Waals surface area contributed by atoms with Crippen LogP contribution in [0, 0.1) is 5.92 Å². The van der Waals surface area contributed by atoms with E-state index in [0.717, 1.165) is 6.42 Å². The van der Waals surface area contributed by atoms with Crippen molar-refractivity contribution in [1.82, 2.24) is 5.32 Å². The summed E-state index contributed by atoms with van der Waals surface area (Å²) in [5.41, 5.74) is 2.59. The van der Waals surface area contributed by atoms with Crippen molar-refractivity contribution in [2.75, 3.05) is 20.3 Å². The average molecular weight is 279 g/mol. The predicted molar refractivity (Wildman–Crippen MR) is 83.8 cm³/mol. The van der Waals surface area contributed by atoms with Crippen molar-refractivity contribution < 1.29 is 9.47 Å². The minimum Gasteiger partial charge on any atom is -0.351 e. The summed E-state index contributed by atoms with van der Waals surface area (Å²) in [4.78, 5) is 0. The van der Waals surface area contributed by atoms with E-state index in [1.165, 1.54) is 11.1 Å². The molecule has 0 saturated carbocycles. The summed E-state index contributed by atoms with van der Waals surface area (Å²) in [5.74, 6) is 0.660. The molecule has 20 heavy (non-hydrogen) atoms. The number of rotatable bonds is 9. The number of ether oxygens (including phenoxy) is 2. The zero-order chi connectivity index (χ0) is 15.0. The SMILES string of the molecule is CCOC(OCC)C(NC)c1cccc(CC(C)C)c1. The van der Waals surface area contributed by atoms with Gasteiger partial charge in [0.15, 0.2) is 6.29 Å². The summed E-state index contributed by atoms with van der Waals surface area (Å²) in [6.45, 7) is 9.77. The predicted octanol–water partition coefficient (Wildman–Crippen LogP) is 3.54. The monoisotopic (exact) mass is 279 g/mol. The van der Waals surface area contributed by atoms with Crippen LogP contribution in [0.3, 0.4) is 0 Å². The Morgan fingerprint density at radius 1 is 1.10 bits per heavy atom. The van der Waals surface area contributed by atoms with Crippen molar-refractivity contribution in [2.24, 2.45) is 5.92 Å². The number of benzene rings is 1. The van der Waals surface area contributed by atoms with Crippen LogP contribution >= 0.6 is 0 Å². The van der Waals surface area contributed by atoms with Gasteiger partial charge in [0, 0.05) is 13.2 Å². The van der Waals surface area contributed by atoms with Crippen LogP contribution in [0.2, 0.25) is 0 Å². The maximum atomic E-state index is 5.73. The van der Waals surface area contributed by atoms with Crippen LogP contribution in [0.4, 0.5) is 0 Å². The molecular weight excluding hydrogens is 250 g/mol. The van der Waals surface area contributed by atoms with Gasteiger partial charge in [-0.25, -0.2) is 0 Å². The molecule has 0 aliphatic carbocycles. The molecule has 0 radical (unpaired) electrons. The third-order valence-electron chi connectivity index (χ3n) is 3.20. The Kier molecular flexibility index (Phi) is 7.82. The van der Waals surface area contributed by atoms with Gasteiger partial charge in [-0.3, -0.25) is 0 Å². The molecule has 1 aromatic rings. The van der Waals surface area contributed by atoms with E-state index in [1.807, 2.05) is 20.9 Å². The van der Waals surface area contributed by atoms with Crippen LogP contribution in [-0.2, 0) is 15.9 Å². The molecule has 0 spiro atoms. The van der Waals surface area contributed by atoms with Crippen LogP contribution in [0.25, 0.3) is 0 Å². The molecule has 3 heteroatoms. The van der Waals surface area contributed by atoms with Gasteiger partial charge >= 0.3 is 0 Å².